The second kappa shape index (κ2) is 7.47. The van der Waals surface area contributed by atoms with E-state index in [0.29, 0.717) is 17.9 Å². The third-order valence-electron chi connectivity index (χ3n) is 2.78. The summed E-state index contributed by atoms with van der Waals surface area (Å²) in [6.45, 7) is 7.83. The molecule has 7 nitrogen and oxygen atoms in total. The Hall–Kier alpha value is -2.31. The van der Waals surface area contributed by atoms with Crippen LogP contribution in [0, 0.1) is 10.1 Å². The molecule has 0 radical (unpaired) electrons. The quantitative estimate of drug-likeness (QED) is 0.530. The molecule has 1 unspecified atom stereocenters. The smallest absolute Gasteiger partial charge is 0.315 e. The van der Waals surface area contributed by atoms with Crippen LogP contribution in [0.1, 0.15) is 27.7 Å². The average Bonchev–Trinajstić information content (AvgIpc) is 2.38. The molecule has 21 heavy (non-hydrogen) atoms. The number of nitro benzene ring substituents is 1. The SMILES string of the molecule is CCNc1cccc(NC(C)C(=O)NC(C)C)c1[N+](=O)[O-]. The van der Waals surface area contributed by atoms with E-state index in [1.165, 1.54) is 0 Å². The molecule has 0 bridgehead atoms. The minimum Gasteiger partial charge on any atom is -0.380 e. The number of hydrogen-bond donors (Lipinski definition) is 3. The molecule has 1 aromatic rings. The molecule has 1 aromatic carbocycles. The van der Waals surface area contributed by atoms with E-state index in [0.717, 1.165) is 0 Å². The summed E-state index contributed by atoms with van der Waals surface area (Å²) in [4.78, 5) is 22.7. The van der Waals surface area contributed by atoms with Gasteiger partial charge in [0, 0.05) is 12.6 Å². The van der Waals surface area contributed by atoms with E-state index in [9.17, 15) is 14.9 Å². The van der Waals surface area contributed by atoms with Gasteiger partial charge in [-0.05, 0) is 39.8 Å². The molecule has 1 rings (SSSR count). The van der Waals surface area contributed by atoms with Gasteiger partial charge in [-0.2, -0.15) is 0 Å². The second-order valence-corrected chi connectivity index (χ2v) is 5.02. The Morgan fingerprint density at radius 2 is 1.90 bits per heavy atom. The zero-order chi connectivity index (χ0) is 16.0. The van der Waals surface area contributed by atoms with Gasteiger partial charge in [0.2, 0.25) is 5.91 Å². The van der Waals surface area contributed by atoms with E-state index in [-0.39, 0.29) is 17.6 Å². The fourth-order valence-electron chi connectivity index (χ4n) is 1.90. The van der Waals surface area contributed by atoms with Gasteiger partial charge in [-0.1, -0.05) is 6.07 Å². The highest BCUT2D eigenvalue weighted by Crippen LogP contribution is 2.33. The fraction of sp³-hybridized carbons (Fsp3) is 0.500. The van der Waals surface area contributed by atoms with Crippen LogP contribution in [0.15, 0.2) is 18.2 Å². The number of para-hydroxylation sites is 1. The van der Waals surface area contributed by atoms with Crippen LogP contribution in [-0.4, -0.2) is 29.5 Å². The number of benzene rings is 1. The largest absolute Gasteiger partial charge is 0.380 e. The first-order valence-electron chi connectivity index (χ1n) is 6.95. The molecule has 1 amide bonds. The number of anilines is 2. The van der Waals surface area contributed by atoms with Gasteiger partial charge >= 0.3 is 5.69 Å². The number of carbonyl (C=O) groups excluding carboxylic acids is 1. The minimum atomic E-state index is -0.567. The van der Waals surface area contributed by atoms with E-state index >= 15 is 0 Å². The molecule has 0 aromatic heterocycles. The maximum Gasteiger partial charge on any atom is 0.315 e. The molecule has 0 heterocycles. The third kappa shape index (κ3) is 4.62. The van der Waals surface area contributed by atoms with E-state index in [1.54, 1.807) is 25.1 Å². The van der Waals surface area contributed by atoms with Crippen molar-refractivity contribution in [1.29, 1.82) is 0 Å². The van der Waals surface area contributed by atoms with Crippen molar-refractivity contribution < 1.29 is 9.72 Å². The lowest BCUT2D eigenvalue weighted by Crippen LogP contribution is -2.41. The predicted molar refractivity (Wildman–Crippen MR) is 83.6 cm³/mol. The fourth-order valence-corrected chi connectivity index (χ4v) is 1.90. The molecule has 1 atom stereocenters. The van der Waals surface area contributed by atoms with Crippen molar-refractivity contribution in [3.05, 3.63) is 28.3 Å². The molecule has 3 N–H and O–H groups in total. The second-order valence-electron chi connectivity index (χ2n) is 5.02. The monoisotopic (exact) mass is 294 g/mol. The number of nitrogens with zero attached hydrogens (tertiary/aromatic N) is 1. The Balaban J connectivity index is 2.99. The number of amides is 1. The highest BCUT2D eigenvalue weighted by molar-refractivity contribution is 5.86. The molecule has 0 aliphatic rings. The van der Waals surface area contributed by atoms with Gasteiger partial charge in [0.15, 0.2) is 0 Å². The van der Waals surface area contributed by atoms with Crippen molar-refractivity contribution in [3.63, 3.8) is 0 Å². The zero-order valence-corrected chi connectivity index (χ0v) is 12.8. The van der Waals surface area contributed by atoms with Crippen molar-refractivity contribution in [2.75, 3.05) is 17.2 Å². The summed E-state index contributed by atoms with van der Waals surface area (Å²) in [6.07, 6.45) is 0. The first kappa shape index (κ1) is 16.7. The Bertz CT molecular complexity index is 517. The lowest BCUT2D eigenvalue weighted by atomic mass is 10.2. The Labute approximate surface area is 124 Å². The van der Waals surface area contributed by atoms with Crippen LogP contribution < -0.4 is 16.0 Å². The maximum atomic E-state index is 11.9. The summed E-state index contributed by atoms with van der Waals surface area (Å²) in [5.74, 6) is -0.201. The summed E-state index contributed by atoms with van der Waals surface area (Å²) >= 11 is 0. The number of rotatable bonds is 7. The maximum absolute atomic E-state index is 11.9. The molecule has 0 fully saturated rings. The topological polar surface area (TPSA) is 96.3 Å². The van der Waals surface area contributed by atoms with Gasteiger partial charge < -0.3 is 16.0 Å². The normalized spacial score (nSPS) is 11.9. The van der Waals surface area contributed by atoms with Gasteiger partial charge in [-0.3, -0.25) is 14.9 Å². The number of nitro groups is 1. The van der Waals surface area contributed by atoms with Gasteiger partial charge in [0.05, 0.1) is 4.92 Å². The first-order valence-corrected chi connectivity index (χ1v) is 6.95. The van der Waals surface area contributed by atoms with Crippen LogP contribution in [0.25, 0.3) is 0 Å². The average molecular weight is 294 g/mol. The lowest BCUT2D eigenvalue weighted by Gasteiger charge is -2.18. The number of hydrogen-bond acceptors (Lipinski definition) is 5. The van der Waals surface area contributed by atoms with E-state index in [4.69, 9.17) is 0 Å². The van der Waals surface area contributed by atoms with E-state index in [2.05, 4.69) is 16.0 Å². The zero-order valence-electron chi connectivity index (χ0n) is 12.8. The molecule has 116 valence electrons. The highest BCUT2D eigenvalue weighted by Gasteiger charge is 2.22. The molecule has 0 saturated carbocycles. The molecule has 0 saturated heterocycles. The standard InChI is InChI=1S/C14H22N4O3/c1-5-15-11-7-6-8-12(13(11)18(20)21)17-10(4)14(19)16-9(2)3/h6-10,15,17H,5H2,1-4H3,(H,16,19). The number of nitrogens with one attached hydrogen (secondary N) is 3. The van der Waals surface area contributed by atoms with Crippen LogP contribution in [0.5, 0.6) is 0 Å². The summed E-state index contributed by atoms with van der Waals surface area (Å²) in [6, 6.07) is 4.40. The van der Waals surface area contributed by atoms with E-state index < -0.39 is 11.0 Å². The van der Waals surface area contributed by atoms with Crippen LogP contribution >= 0.6 is 0 Å². The van der Waals surface area contributed by atoms with Crippen LogP contribution in [0.2, 0.25) is 0 Å². The van der Waals surface area contributed by atoms with Crippen molar-refractivity contribution >= 4 is 23.0 Å². The van der Waals surface area contributed by atoms with E-state index in [1.807, 2.05) is 20.8 Å². The summed E-state index contributed by atoms with van der Waals surface area (Å²) < 4.78 is 0. The van der Waals surface area contributed by atoms with Crippen LogP contribution in [0.4, 0.5) is 17.1 Å². The molecule has 0 aliphatic carbocycles. The molecule has 0 aliphatic heterocycles. The van der Waals surface area contributed by atoms with Gasteiger partial charge in [-0.25, -0.2) is 0 Å². The first-order chi connectivity index (χ1) is 9.86. The Morgan fingerprint density at radius 3 is 2.43 bits per heavy atom. The minimum absolute atomic E-state index is 0.0184. The molecular formula is C14H22N4O3. The lowest BCUT2D eigenvalue weighted by molar-refractivity contribution is -0.383. The summed E-state index contributed by atoms with van der Waals surface area (Å²) in [7, 11) is 0. The Kier molecular flexibility index (Phi) is 5.95. The van der Waals surface area contributed by atoms with Gasteiger partial charge in [0.1, 0.15) is 17.4 Å². The molecule has 0 spiro atoms. The van der Waals surface area contributed by atoms with Crippen molar-refractivity contribution in [1.82, 2.24) is 5.32 Å². The van der Waals surface area contributed by atoms with Crippen molar-refractivity contribution in [3.8, 4) is 0 Å². The number of carbonyl (C=O) groups is 1. The molecular weight excluding hydrogens is 272 g/mol. The molecule has 7 heteroatoms. The summed E-state index contributed by atoms with van der Waals surface area (Å²) in [5, 5.41) is 19.9. The van der Waals surface area contributed by atoms with Crippen LogP contribution in [-0.2, 0) is 4.79 Å². The summed E-state index contributed by atoms with van der Waals surface area (Å²) in [5.41, 5.74) is 0.706. The van der Waals surface area contributed by atoms with Crippen molar-refractivity contribution in [2.45, 2.75) is 39.8 Å². The third-order valence-corrected chi connectivity index (χ3v) is 2.78. The Morgan fingerprint density at radius 1 is 1.29 bits per heavy atom. The van der Waals surface area contributed by atoms with Crippen molar-refractivity contribution in [2.24, 2.45) is 0 Å². The van der Waals surface area contributed by atoms with Crippen LogP contribution in [0.3, 0.4) is 0 Å². The highest BCUT2D eigenvalue weighted by atomic mass is 16.6. The van der Waals surface area contributed by atoms with Gasteiger partial charge in [-0.15, -0.1) is 0 Å². The predicted octanol–water partition coefficient (Wildman–Crippen LogP) is 2.35. The van der Waals surface area contributed by atoms with Gasteiger partial charge in [0.25, 0.3) is 0 Å².